The number of benzene rings is 1. The molecule has 3 aromatic rings. The zero-order chi connectivity index (χ0) is 9.71. The van der Waals surface area contributed by atoms with E-state index in [-0.39, 0.29) is 0 Å². The molecule has 0 fully saturated rings. The highest BCUT2D eigenvalue weighted by Crippen LogP contribution is 2.25. The van der Waals surface area contributed by atoms with Crippen LogP contribution in [0, 0.1) is 0 Å². The van der Waals surface area contributed by atoms with E-state index in [0.717, 1.165) is 0 Å². The van der Waals surface area contributed by atoms with Gasteiger partial charge in [-0.3, -0.25) is 0 Å². The highest BCUT2D eigenvalue weighted by Gasteiger charge is 2.05. The Morgan fingerprint density at radius 3 is 2.50 bits per heavy atom. The largest absolute Gasteiger partial charge is 0.350 e. The molecule has 3 rings (SSSR count). The lowest BCUT2D eigenvalue weighted by molar-refractivity contribution is 0.965. The van der Waals surface area contributed by atoms with E-state index < -0.39 is 0 Å². The Morgan fingerprint density at radius 2 is 1.64 bits per heavy atom. The molecule has 2 nitrogen and oxygen atoms in total. The molecule has 0 unspecified atom stereocenters. The normalized spacial score (nSPS) is 11.6. The van der Waals surface area contributed by atoms with Gasteiger partial charge in [-0.25, -0.2) is 0 Å². The lowest BCUT2D eigenvalue weighted by Gasteiger charge is -2.00. The summed E-state index contributed by atoms with van der Waals surface area (Å²) in [7, 11) is 4.17. The van der Waals surface area contributed by atoms with E-state index in [1.807, 2.05) is 0 Å². The van der Waals surface area contributed by atoms with Crippen molar-refractivity contribution >= 4 is 21.8 Å². The number of aryl methyl sites for hydroxylation is 2. The minimum Gasteiger partial charge on any atom is -0.350 e. The van der Waals surface area contributed by atoms with Crippen molar-refractivity contribution in [2.45, 2.75) is 0 Å². The molecule has 0 aliphatic rings. The van der Waals surface area contributed by atoms with Crippen LogP contribution in [-0.2, 0) is 14.1 Å². The van der Waals surface area contributed by atoms with Gasteiger partial charge in [-0.05, 0) is 18.2 Å². The third kappa shape index (κ3) is 0.803. The molecule has 0 bridgehead atoms. The van der Waals surface area contributed by atoms with Gasteiger partial charge in [0.1, 0.15) is 0 Å². The summed E-state index contributed by atoms with van der Waals surface area (Å²) < 4.78 is 4.33. The number of fused-ring (bicyclic) bond motifs is 3. The molecule has 2 heterocycles. The fourth-order valence-electron chi connectivity index (χ4n) is 2.15. The van der Waals surface area contributed by atoms with Gasteiger partial charge >= 0.3 is 0 Å². The SMILES string of the molecule is Cn1ccc2c1ccc1ccn(C)c12. The van der Waals surface area contributed by atoms with E-state index >= 15 is 0 Å². The molecule has 0 N–H and O–H groups in total. The average molecular weight is 184 g/mol. The summed E-state index contributed by atoms with van der Waals surface area (Å²) in [5.74, 6) is 0. The highest BCUT2D eigenvalue weighted by atomic mass is 14.9. The zero-order valence-corrected chi connectivity index (χ0v) is 8.36. The molecular formula is C12H12N2. The molecule has 2 aromatic heterocycles. The van der Waals surface area contributed by atoms with Gasteiger partial charge in [-0.1, -0.05) is 6.07 Å². The summed E-state index contributed by atoms with van der Waals surface area (Å²) in [5, 5.41) is 2.64. The maximum Gasteiger partial charge on any atom is 0.0572 e. The molecule has 0 spiro atoms. The fraction of sp³-hybridized carbons (Fsp3) is 0.167. The van der Waals surface area contributed by atoms with Crippen molar-refractivity contribution in [2.24, 2.45) is 14.1 Å². The van der Waals surface area contributed by atoms with Crippen LogP contribution in [0.2, 0.25) is 0 Å². The Bertz CT molecular complexity index is 614. The fourth-order valence-corrected chi connectivity index (χ4v) is 2.15. The van der Waals surface area contributed by atoms with Gasteiger partial charge < -0.3 is 9.13 Å². The summed E-state index contributed by atoms with van der Waals surface area (Å²) in [5.41, 5.74) is 2.61. The molecule has 0 saturated carbocycles. The molecule has 14 heavy (non-hydrogen) atoms. The van der Waals surface area contributed by atoms with Crippen LogP contribution in [0.15, 0.2) is 36.7 Å². The first-order chi connectivity index (χ1) is 6.77. The minimum atomic E-state index is 1.29. The van der Waals surface area contributed by atoms with Crippen molar-refractivity contribution in [3.63, 3.8) is 0 Å². The van der Waals surface area contributed by atoms with E-state index in [0.29, 0.717) is 0 Å². The molecule has 0 aliphatic heterocycles. The molecule has 1 aromatic carbocycles. The lowest BCUT2D eigenvalue weighted by Crippen LogP contribution is -1.86. The highest BCUT2D eigenvalue weighted by molar-refractivity contribution is 6.05. The van der Waals surface area contributed by atoms with Crippen LogP contribution in [-0.4, -0.2) is 9.13 Å². The molecule has 0 radical (unpaired) electrons. The lowest BCUT2D eigenvalue weighted by atomic mass is 10.2. The predicted octanol–water partition coefficient (Wildman–Crippen LogP) is 2.67. The third-order valence-electron chi connectivity index (χ3n) is 2.90. The molecule has 0 atom stereocenters. The van der Waals surface area contributed by atoms with Crippen molar-refractivity contribution in [3.05, 3.63) is 36.7 Å². The van der Waals surface area contributed by atoms with Crippen LogP contribution >= 0.6 is 0 Å². The standard InChI is InChI=1S/C12H12N2/c1-13-8-6-10-11(13)4-3-9-5-7-14(2)12(9)10/h3-8H,1-2H3. The van der Waals surface area contributed by atoms with Gasteiger partial charge in [0.25, 0.3) is 0 Å². The number of hydrogen-bond acceptors (Lipinski definition) is 0. The number of hydrogen-bond donors (Lipinski definition) is 0. The Balaban J connectivity index is 2.66. The van der Waals surface area contributed by atoms with Crippen molar-refractivity contribution in [1.82, 2.24) is 9.13 Å². The van der Waals surface area contributed by atoms with Crippen LogP contribution in [0.5, 0.6) is 0 Å². The first-order valence-corrected chi connectivity index (χ1v) is 4.76. The first kappa shape index (κ1) is 7.68. The smallest absolute Gasteiger partial charge is 0.0572 e. The minimum absolute atomic E-state index is 1.29. The Morgan fingerprint density at radius 1 is 0.857 bits per heavy atom. The number of aromatic nitrogens is 2. The second-order valence-corrected chi connectivity index (χ2v) is 3.79. The molecule has 0 aliphatic carbocycles. The van der Waals surface area contributed by atoms with Crippen LogP contribution in [0.4, 0.5) is 0 Å². The Kier molecular flexibility index (Phi) is 1.32. The van der Waals surface area contributed by atoms with Crippen LogP contribution < -0.4 is 0 Å². The maximum atomic E-state index is 2.18. The molecule has 70 valence electrons. The van der Waals surface area contributed by atoms with Gasteiger partial charge in [0, 0.05) is 42.8 Å². The molecular weight excluding hydrogens is 172 g/mol. The van der Waals surface area contributed by atoms with E-state index in [1.165, 1.54) is 21.8 Å². The molecule has 2 heteroatoms. The monoisotopic (exact) mass is 184 g/mol. The average Bonchev–Trinajstić information content (AvgIpc) is 2.72. The summed E-state index contributed by atoms with van der Waals surface area (Å²) in [4.78, 5) is 0. The van der Waals surface area contributed by atoms with Crippen LogP contribution in [0.3, 0.4) is 0 Å². The topological polar surface area (TPSA) is 9.86 Å². The second kappa shape index (κ2) is 2.41. The summed E-state index contributed by atoms with van der Waals surface area (Å²) in [6, 6.07) is 8.69. The van der Waals surface area contributed by atoms with Crippen molar-refractivity contribution in [2.75, 3.05) is 0 Å². The Hall–Kier alpha value is -1.70. The van der Waals surface area contributed by atoms with Crippen molar-refractivity contribution in [3.8, 4) is 0 Å². The van der Waals surface area contributed by atoms with E-state index in [9.17, 15) is 0 Å². The number of nitrogens with zero attached hydrogens (tertiary/aromatic N) is 2. The van der Waals surface area contributed by atoms with Gasteiger partial charge in [0.15, 0.2) is 0 Å². The summed E-state index contributed by atoms with van der Waals surface area (Å²) in [6.45, 7) is 0. The number of rotatable bonds is 0. The van der Waals surface area contributed by atoms with Crippen LogP contribution in [0.1, 0.15) is 0 Å². The summed E-state index contributed by atoms with van der Waals surface area (Å²) in [6.07, 6.45) is 4.22. The predicted molar refractivity (Wildman–Crippen MR) is 59.4 cm³/mol. The van der Waals surface area contributed by atoms with E-state index in [4.69, 9.17) is 0 Å². The summed E-state index contributed by atoms with van der Waals surface area (Å²) >= 11 is 0. The quantitative estimate of drug-likeness (QED) is 0.508. The third-order valence-corrected chi connectivity index (χ3v) is 2.90. The van der Waals surface area contributed by atoms with E-state index in [2.05, 4.69) is 59.9 Å². The van der Waals surface area contributed by atoms with Gasteiger partial charge in [0.2, 0.25) is 0 Å². The first-order valence-electron chi connectivity index (χ1n) is 4.76. The molecule has 0 amide bonds. The zero-order valence-electron chi connectivity index (χ0n) is 8.36. The second-order valence-electron chi connectivity index (χ2n) is 3.79. The Labute approximate surface area is 82.4 Å². The van der Waals surface area contributed by atoms with Gasteiger partial charge in [-0.15, -0.1) is 0 Å². The molecule has 0 saturated heterocycles. The van der Waals surface area contributed by atoms with Gasteiger partial charge in [0.05, 0.1) is 5.52 Å². The van der Waals surface area contributed by atoms with Crippen LogP contribution in [0.25, 0.3) is 21.8 Å². The van der Waals surface area contributed by atoms with Crippen molar-refractivity contribution in [1.29, 1.82) is 0 Å². The van der Waals surface area contributed by atoms with Gasteiger partial charge in [-0.2, -0.15) is 0 Å². The maximum absolute atomic E-state index is 2.18. The van der Waals surface area contributed by atoms with E-state index in [1.54, 1.807) is 0 Å². The van der Waals surface area contributed by atoms with Crippen molar-refractivity contribution < 1.29 is 0 Å².